The van der Waals surface area contributed by atoms with Crippen LogP contribution in [0.5, 0.6) is 0 Å². The lowest BCUT2D eigenvalue weighted by molar-refractivity contribution is -0.249. The van der Waals surface area contributed by atoms with E-state index in [1.807, 2.05) is 0 Å². The Morgan fingerprint density at radius 1 is 1.10 bits per heavy atom. The molecule has 0 spiro atoms. The molecule has 2 aliphatic carbocycles. The molecular weight excluding hydrogens is 582 g/mol. The standard InChI is InChI=1S/C28H36Cl2F3N5O3/c1-35(15-18-3-5-21(29)22(30)13-18)24(39)16-38-17-34-23-6-4-19(14-20(23)25(38)40)36-9-11-37(12-10-36)26(41)27(7-2-8-27)28(31,32)33/h3,5,13,19-20,23,34H,2,4,6-12,14-17H2,1H3. The molecule has 8 nitrogen and oxygen atoms in total. The molecule has 0 aromatic heterocycles. The minimum Gasteiger partial charge on any atom is -0.340 e. The lowest BCUT2D eigenvalue weighted by atomic mass is 9.67. The number of nitrogens with one attached hydrogen (secondary N) is 1. The molecule has 3 unspecified atom stereocenters. The monoisotopic (exact) mass is 617 g/mol. The summed E-state index contributed by atoms with van der Waals surface area (Å²) in [6.45, 7) is 2.10. The van der Waals surface area contributed by atoms with E-state index in [-0.39, 0.29) is 62.3 Å². The maximum Gasteiger partial charge on any atom is 0.403 e. The molecule has 4 fully saturated rings. The number of halogens is 5. The van der Waals surface area contributed by atoms with Crippen molar-refractivity contribution in [1.29, 1.82) is 0 Å². The highest BCUT2D eigenvalue weighted by Gasteiger charge is 2.64. The molecule has 3 amide bonds. The third kappa shape index (κ3) is 6.05. The molecule has 1 aromatic carbocycles. The lowest BCUT2D eigenvalue weighted by Gasteiger charge is -2.49. The van der Waals surface area contributed by atoms with Gasteiger partial charge >= 0.3 is 6.18 Å². The van der Waals surface area contributed by atoms with Crippen molar-refractivity contribution in [2.45, 2.75) is 63.3 Å². The van der Waals surface area contributed by atoms with Crippen molar-refractivity contribution >= 4 is 40.9 Å². The number of alkyl halides is 3. The lowest BCUT2D eigenvalue weighted by Crippen LogP contribution is -2.63. The van der Waals surface area contributed by atoms with Crippen LogP contribution in [0.4, 0.5) is 13.2 Å². The van der Waals surface area contributed by atoms with Crippen molar-refractivity contribution in [1.82, 2.24) is 24.9 Å². The zero-order valence-corrected chi connectivity index (χ0v) is 24.6. The number of fused-ring (bicyclic) bond motifs is 1. The minimum atomic E-state index is -4.52. The summed E-state index contributed by atoms with van der Waals surface area (Å²) in [4.78, 5) is 46.0. The average molecular weight is 619 g/mol. The Bertz CT molecular complexity index is 1170. The predicted octanol–water partition coefficient (Wildman–Crippen LogP) is 3.76. The van der Waals surface area contributed by atoms with Gasteiger partial charge in [0.1, 0.15) is 12.0 Å². The van der Waals surface area contributed by atoms with Gasteiger partial charge in [-0.15, -0.1) is 0 Å². The molecule has 226 valence electrons. The number of hydrogen-bond donors (Lipinski definition) is 1. The van der Waals surface area contributed by atoms with Crippen LogP contribution in [0, 0.1) is 11.3 Å². The number of benzene rings is 1. The van der Waals surface area contributed by atoms with E-state index in [1.54, 1.807) is 35.0 Å². The van der Waals surface area contributed by atoms with Crippen LogP contribution in [0.3, 0.4) is 0 Å². The highest BCUT2D eigenvalue weighted by atomic mass is 35.5. The molecule has 2 saturated heterocycles. The third-order valence-corrected chi connectivity index (χ3v) is 10.2. The first-order valence-electron chi connectivity index (χ1n) is 14.2. The first-order valence-corrected chi connectivity index (χ1v) is 15.0. The van der Waals surface area contributed by atoms with Crippen LogP contribution >= 0.6 is 23.2 Å². The Kier molecular flexibility index (Phi) is 8.81. The molecule has 2 saturated carbocycles. The maximum absolute atomic E-state index is 13.7. The van der Waals surface area contributed by atoms with Gasteiger partial charge in [-0.25, -0.2) is 0 Å². The van der Waals surface area contributed by atoms with Gasteiger partial charge in [-0.2, -0.15) is 13.2 Å². The molecule has 0 radical (unpaired) electrons. The summed E-state index contributed by atoms with van der Waals surface area (Å²) in [5.74, 6) is -1.31. The van der Waals surface area contributed by atoms with E-state index in [2.05, 4.69) is 10.2 Å². The molecule has 1 N–H and O–H groups in total. The molecule has 2 aliphatic heterocycles. The number of carbonyl (C=O) groups is 3. The zero-order chi connectivity index (χ0) is 29.5. The van der Waals surface area contributed by atoms with Crippen molar-refractivity contribution < 1.29 is 27.6 Å². The van der Waals surface area contributed by atoms with E-state index in [9.17, 15) is 27.6 Å². The molecule has 5 rings (SSSR count). The first kappa shape index (κ1) is 30.4. The van der Waals surface area contributed by atoms with Gasteiger partial charge in [0.2, 0.25) is 17.7 Å². The second-order valence-electron chi connectivity index (χ2n) is 11.8. The summed E-state index contributed by atoms with van der Waals surface area (Å²) in [7, 11) is 1.68. The molecule has 13 heteroatoms. The number of rotatable bonds is 6. The third-order valence-electron chi connectivity index (χ3n) is 9.43. The van der Waals surface area contributed by atoms with Crippen LogP contribution in [-0.2, 0) is 20.9 Å². The summed E-state index contributed by atoms with van der Waals surface area (Å²) in [5, 5.41) is 4.27. The Balaban J connectivity index is 1.13. The van der Waals surface area contributed by atoms with Crippen LogP contribution in [0.1, 0.15) is 44.1 Å². The number of nitrogens with zero attached hydrogens (tertiary/aromatic N) is 4. The van der Waals surface area contributed by atoms with Gasteiger partial charge in [0.05, 0.1) is 22.6 Å². The van der Waals surface area contributed by atoms with Gasteiger partial charge in [-0.3, -0.25) is 24.6 Å². The summed E-state index contributed by atoms with van der Waals surface area (Å²) in [5.41, 5.74) is -1.37. The Hall–Kier alpha value is -2.08. The van der Waals surface area contributed by atoms with E-state index in [0.29, 0.717) is 49.2 Å². The summed E-state index contributed by atoms with van der Waals surface area (Å²) < 4.78 is 41.0. The highest BCUT2D eigenvalue weighted by Crippen LogP contribution is 2.54. The minimum absolute atomic E-state index is 0.0344. The highest BCUT2D eigenvalue weighted by molar-refractivity contribution is 6.42. The normalized spacial score (nSPS) is 26.8. The van der Waals surface area contributed by atoms with E-state index in [4.69, 9.17) is 23.2 Å². The summed E-state index contributed by atoms with van der Waals surface area (Å²) in [6, 6.07) is 5.33. The van der Waals surface area contributed by atoms with Crippen molar-refractivity contribution in [3.05, 3.63) is 33.8 Å². The average Bonchev–Trinajstić information content (AvgIpc) is 2.90. The van der Waals surface area contributed by atoms with Crippen LogP contribution < -0.4 is 5.32 Å². The molecule has 2 heterocycles. The van der Waals surface area contributed by atoms with Crippen LogP contribution in [0.15, 0.2) is 18.2 Å². The number of carbonyl (C=O) groups excluding carboxylic acids is 3. The van der Waals surface area contributed by atoms with Gasteiger partial charge in [-0.1, -0.05) is 35.7 Å². The fourth-order valence-corrected chi connectivity index (χ4v) is 7.02. The van der Waals surface area contributed by atoms with Crippen LogP contribution in [-0.4, -0.2) is 102 Å². The second-order valence-corrected chi connectivity index (χ2v) is 12.7. The molecule has 4 aliphatic rings. The van der Waals surface area contributed by atoms with Gasteiger partial charge in [0.15, 0.2) is 0 Å². The smallest absolute Gasteiger partial charge is 0.340 e. The maximum atomic E-state index is 13.7. The quantitative estimate of drug-likeness (QED) is 0.526. The van der Waals surface area contributed by atoms with Crippen LogP contribution in [0.25, 0.3) is 0 Å². The molecule has 41 heavy (non-hydrogen) atoms. The van der Waals surface area contributed by atoms with Crippen LogP contribution in [0.2, 0.25) is 10.0 Å². The fourth-order valence-electron chi connectivity index (χ4n) is 6.70. The summed E-state index contributed by atoms with van der Waals surface area (Å²) in [6.07, 6.45) is -2.06. The van der Waals surface area contributed by atoms with E-state index in [0.717, 1.165) is 18.4 Å². The van der Waals surface area contributed by atoms with Gasteiger partial charge in [0.25, 0.3) is 0 Å². The Morgan fingerprint density at radius 2 is 1.80 bits per heavy atom. The van der Waals surface area contributed by atoms with E-state index in [1.165, 1.54) is 4.90 Å². The number of likely N-dealkylation sites (N-methyl/N-ethyl adjacent to an activating group) is 1. The number of hydrogen-bond acceptors (Lipinski definition) is 5. The van der Waals surface area contributed by atoms with Crippen molar-refractivity contribution in [3.63, 3.8) is 0 Å². The number of piperazine rings is 1. The van der Waals surface area contributed by atoms with Crippen molar-refractivity contribution in [3.8, 4) is 0 Å². The number of amides is 3. The van der Waals surface area contributed by atoms with Crippen molar-refractivity contribution in [2.24, 2.45) is 11.3 Å². The van der Waals surface area contributed by atoms with E-state index < -0.39 is 17.5 Å². The Morgan fingerprint density at radius 3 is 2.41 bits per heavy atom. The van der Waals surface area contributed by atoms with Crippen molar-refractivity contribution in [2.75, 3.05) is 46.4 Å². The molecule has 1 aromatic rings. The van der Waals surface area contributed by atoms with E-state index >= 15 is 0 Å². The summed E-state index contributed by atoms with van der Waals surface area (Å²) >= 11 is 12.1. The SMILES string of the molecule is CN(Cc1ccc(Cl)c(Cl)c1)C(=O)CN1CNC2CCC(N3CCN(C(=O)C4(C(F)(F)F)CCC4)CC3)CC2C1=O. The molecule has 3 atom stereocenters. The van der Waals surface area contributed by atoms with Gasteiger partial charge in [-0.05, 0) is 49.8 Å². The first-order chi connectivity index (χ1) is 19.4. The van der Waals surface area contributed by atoms with Gasteiger partial charge in [0, 0.05) is 51.9 Å². The Labute approximate surface area is 248 Å². The zero-order valence-electron chi connectivity index (χ0n) is 23.1. The topological polar surface area (TPSA) is 76.2 Å². The largest absolute Gasteiger partial charge is 0.403 e. The molecule has 0 bridgehead atoms. The predicted molar refractivity (Wildman–Crippen MR) is 148 cm³/mol. The van der Waals surface area contributed by atoms with Gasteiger partial charge < -0.3 is 14.7 Å². The second kappa shape index (κ2) is 11.9. The fraction of sp³-hybridized carbons (Fsp3) is 0.679. The molecular formula is C28H36Cl2F3N5O3.